The number of hydrogen-bond acceptors (Lipinski definition) is 4. The number of nitrogens with zero attached hydrogens (tertiary/aromatic N) is 4. The zero-order chi connectivity index (χ0) is 11.5. The molecule has 0 bridgehead atoms. The molecule has 2 rings (SSSR count). The largest absolute Gasteiger partial charge is 0.340 e. The molecule has 90 valence electrons. The predicted octanol–water partition coefficient (Wildman–Crippen LogP) is 0.813. The van der Waals surface area contributed by atoms with Crippen molar-refractivity contribution in [2.45, 2.75) is 18.8 Å². The fourth-order valence-electron chi connectivity index (χ4n) is 2.07. The van der Waals surface area contributed by atoms with Crippen LogP contribution >= 0.6 is 12.6 Å². The molecular weight excluding hydrogens is 220 g/mol. The minimum Gasteiger partial charge on any atom is -0.340 e. The molecule has 4 nitrogen and oxygen atoms in total. The summed E-state index contributed by atoms with van der Waals surface area (Å²) in [6.45, 7) is 7.55. The van der Waals surface area contributed by atoms with Gasteiger partial charge in [-0.05, 0) is 6.92 Å². The molecule has 1 unspecified atom stereocenters. The third kappa shape index (κ3) is 2.99. The molecule has 1 fully saturated rings. The van der Waals surface area contributed by atoms with Crippen molar-refractivity contribution in [3.63, 3.8) is 0 Å². The number of aryl methyl sites for hydroxylation is 1. The SMILES string of the molecule is CC(S)N1CCN(Cc2cn(C)cn2)CC1. The van der Waals surface area contributed by atoms with Gasteiger partial charge in [0, 0.05) is 51.3 Å². The Morgan fingerprint density at radius 1 is 1.38 bits per heavy atom. The Morgan fingerprint density at radius 2 is 2.06 bits per heavy atom. The quantitative estimate of drug-likeness (QED) is 0.791. The third-order valence-electron chi connectivity index (χ3n) is 3.08. The lowest BCUT2D eigenvalue weighted by atomic mass is 10.3. The Balaban J connectivity index is 1.81. The third-order valence-corrected chi connectivity index (χ3v) is 3.41. The summed E-state index contributed by atoms with van der Waals surface area (Å²) in [5, 5.41) is 0.372. The van der Waals surface area contributed by atoms with Crippen molar-refractivity contribution in [1.82, 2.24) is 19.4 Å². The van der Waals surface area contributed by atoms with Crippen molar-refractivity contribution in [2.75, 3.05) is 26.2 Å². The fourth-order valence-corrected chi connectivity index (χ4v) is 2.30. The van der Waals surface area contributed by atoms with Crippen LogP contribution in [-0.2, 0) is 13.6 Å². The lowest BCUT2D eigenvalue weighted by Gasteiger charge is -2.36. The molecule has 0 aromatic carbocycles. The normalized spacial score (nSPS) is 21.2. The zero-order valence-electron chi connectivity index (χ0n) is 10.0. The molecule has 1 aromatic rings. The molecule has 0 spiro atoms. The number of hydrogen-bond donors (Lipinski definition) is 1. The standard InChI is InChI=1S/C11H20N4S/c1-10(16)15-5-3-14(4-6-15)8-11-7-13(2)9-12-11/h7,9-10,16H,3-6,8H2,1-2H3. The second-order valence-corrected chi connectivity index (χ2v) is 5.22. The molecule has 1 aromatic heterocycles. The van der Waals surface area contributed by atoms with Gasteiger partial charge < -0.3 is 4.57 Å². The van der Waals surface area contributed by atoms with Crippen molar-refractivity contribution in [3.8, 4) is 0 Å². The van der Waals surface area contributed by atoms with E-state index in [1.54, 1.807) is 0 Å². The second-order valence-electron chi connectivity index (χ2n) is 4.47. The molecule has 5 heteroatoms. The first-order valence-corrected chi connectivity index (χ1v) is 6.28. The summed E-state index contributed by atoms with van der Waals surface area (Å²) in [4.78, 5) is 9.21. The summed E-state index contributed by atoms with van der Waals surface area (Å²) in [5.41, 5.74) is 1.16. The molecule has 0 aliphatic carbocycles. The summed E-state index contributed by atoms with van der Waals surface area (Å²) >= 11 is 4.46. The molecule has 0 amide bonds. The van der Waals surface area contributed by atoms with Gasteiger partial charge in [-0.25, -0.2) is 4.98 Å². The van der Waals surface area contributed by atoms with Gasteiger partial charge in [0.25, 0.3) is 0 Å². The highest BCUT2D eigenvalue weighted by Gasteiger charge is 2.19. The molecule has 0 saturated carbocycles. The first-order chi connectivity index (χ1) is 7.65. The molecule has 1 aliphatic heterocycles. The highest BCUT2D eigenvalue weighted by molar-refractivity contribution is 7.80. The molecule has 1 aliphatic rings. The van der Waals surface area contributed by atoms with Crippen molar-refractivity contribution in [3.05, 3.63) is 18.2 Å². The van der Waals surface area contributed by atoms with Gasteiger partial charge in [0.05, 0.1) is 12.0 Å². The monoisotopic (exact) mass is 240 g/mol. The Kier molecular flexibility index (Phi) is 3.89. The highest BCUT2D eigenvalue weighted by atomic mass is 32.1. The van der Waals surface area contributed by atoms with Gasteiger partial charge in [-0.3, -0.25) is 9.80 Å². The molecule has 1 saturated heterocycles. The molecule has 16 heavy (non-hydrogen) atoms. The van der Waals surface area contributed by atoms with Gasteiger partial charge in [0.1, 0.15) is 0 Å². The Hall–Kier alpha value is -0.520. The van der Waals surface area contributed by atoms with E-state index in [0.717, 1.165) is 38.4 Å². The molecule has 0 radical (unpaired) electrons. The average molecular weight is 240 g/mol. The fraction of sp³-hybridized carbons (Fsp3) is 0.727. The molecule has 2 heterocycles. The van der Waals surface area contributed by atoms with Crippen LogP contribution in [0.5, 0.6) is 0 Å². The van der Waals surface area contributed by atoms with Crippen LogP contribution in [0, 0.1) is 0 Å². The summed E-state index contributed by atoms with van der Waals surface area (Å²) in [6, 6.07) is 0. The maximum Gasteiger partial charge on any atom is 0.0947 e. The van der Waals surface area contributed by atoms with E-state index in [2.05, 4.69) is 40.5 Å². The van der Waals surface area contributed by atoms with E-state index in [1.807, 2.05) is 17.9 Å². The van der Waals surface area contributed by atoms with Crippen LogP contribution in [0.3, 0.4) is 0 Å². The molecular formula is C11H20N4S. The van der Waals surface area contributed by atoms with Crippen LogP contribution in [0.2, 0.25) is 0 Å². The number of piperazine rings is 1. The second kappa shape index (κ2) is 5.21. The van der Waals surface area contributed by atoms with E-state index in [0.29, 0.717) is 5.37 Å². The predicted molar refractivity (Wildman–Crippen MR) is 68.5 cm³/mol. The van der Waals surface area contributed by atoms with Crippen LogP contribution < -0.4 is 0 Å². The maximum atomic E-state index is 4.46. The van der Waals surface area contributed by atoms with Crippen LogP contribution in [-0.4, -0.2) is 50.9 Å². The summed E-state index contributed by atoms with van der Waals surface area (Å²) in [5.74, 6) is 0. The van der Waals surface area contributed by atoms with E-state index in [9.17, 15) is 0 Å². The maximum absolute atomic E-state index is 4.46. The van der Waals surface area contributed by atoms with Crippen LogP contribution in [0.1, 0.15) is 12.6 Å². The summed E-state index contributed by atoms with van der Waals surface area (Å²) < 4.78 is 2.00. The average Bonchev–Trinajstić information content (AvgIpc) is 2.65. The van der Waals surface area contributed by atoms with E-state index >= 15 is 0 Å². The Morgan fingerprint density at radius 3 is 2.56 bits per heavy atom. The topological polar surface area (TPSA) is 24.3 Å². The van der Waals surface area contributed by atoms with E-state index in [-0.39, 0.29) is 0 Å². The van der Waals surface area contributed by atoms with Crippen molar-refractivity contribution in [2.24, 2.45) is 7.05 Å². The lowest BCUT2D eigenvalue weighted by molar-refractivity contribution is 0.123. The number of imidazole rings is 1. The zero-order valence-corrected chi connectivity index (χ0v) is 10.9. The molecule has 1 atom stereocenters. The van der Waals surface area contributed by atoms with E-state index < -0.39 is 0 Å². The van der Waals surface area contributed by atoms with Crippen LogP contribution in [0.4, 0.5) is 0 Å². The van der Waals surface area contributed by atoms with Crippen molar-refractivity contribution >= 4 is 12.6 Å². The van der Waals surface area contributed by atoms with Gasteiger partial charge in [-0.15, -0.1) is 0 Å². The first-order valence-electron chi connectivity index (χ1n) is 5.76. The highest BCUT2D eigenvalue weighted by Crippen LogP contribution is 2.10. The van der Waals surface area contributed by atoms with Crippen molar-refractivity contribution in [1.29, 1.82) is 0 Å². The van der Waals surface area contributed by atoms with Gasteiger partial charge in [0.15, 0.2) is 0 Å². The van der Waals surface area contributed by atoms with Crippen LogP contribution in [0.25, 0.3) is 0 Å². The minimum atomic E-state index is 0.372. The van der Waals surface area contributed by atoms with Gasteiger partial charge in [-0.2, -0.15) is 12.6 Å². The van der Waals surface area contributed by atoms with E-state index in [4.69, 9.17) is 0 Å². The lowest BCUT2D eigenvalue weighted by Crippen LogP contribution is -2.47. The minimum absolute atomic E-state index is 0.372. The molecule has 0 N–H and O–H groups in total. The Bertz CT molecular complexity index is 328. The van der Waals surface area contributed by atoms with Crippen molar-refractivity contribution < 1.29 is 0 Å². The number of rotatable bonds is 3. The smallest absolute Gasteiger partial charge is 0.0947 e. The first kappa shape index (κ1) is 12.0. The number of aromatic nitrogens is 2. The Labute approximate surface area is 103 Å². The summed E-state index contributed by atoms with van der Waals surface area (Å²) in [6.07, 6.45) is 3.95. The van der Waals surface area contributed by atoms with Gasteiger partial charge >= 0.3 is 0 Å². The van der Waals surface area contributed by atoms with Crippen LogP contribution in [0.15, 0.2) is 12.5 Å². The summed E-state index contributed by atoms with van der Waals surface area (Å²) in [7, 11) is 2.01. The van der Waals surface area contributed by atoms with Gasteiger partial charge in [0.2, 0.25) is 0 Å². The number of thiol groups is 1. The van der Waals surface area contributed by atoms with E-state index in [1.165, 1.54) is 0 Å². The van der Waals surface area contributed by atoms with Gasteiger partial charge in [-0.1, -0.05) is 0 Å².